The Morgan fingerprint density at radius 3 is 2.84 bits per heavy atom. The molecule has 1 aromatic carbocycles. The fourth-order valence-corrected chi connectivity index (χ4v) is 3.70. The summed E-state index contributed by atoms with van der Waals surface area (Å²) in [6.45, 7) is 1.81. The predicted octanol–water partition coefficient (Wildman–Crippen LogP) is 4.15. The molecule has 0 radical (unpaired) electrons. The molecule has 0 unspecified atom stereocenters. The molecule has 2 aromatic heterocycles. The van der Waals surface area contributed by atoms with Gasteiger partial charge in [0.2, 0.25) is 5.95 Å². The zero-order chi connectivity index (χ0) is 17.1. The summed E-state index contributed by atoms with van der Waals surface area (Å²) in [6, 6.07) is 8.95. The fraction of sp³-hybridized carbons (Fsp3) is 0.278. The topological polar surface area (TPSA) is 53.9 Å². The third-order valence-corrected chi connectivity index (χ3v) is 5.02. The number of benzene rings is 1. The molecular formula is C18H18FN5S. The highest BCUT2D eigenvalue weighted by Crippen LogP contribution is 2.32. The van der Waals surface area contributed by atoms with E-state index in [1.165, 1.54) is 23.5 Å². The molecule has 0 spiro atoms. The van der Waals surface area contributed by atoms with Crippen LogP contribution in [-0.4, -0.2) is 26.4 Å². The molecule has 1 fully saturated rings. The second-order valence-corrected chi connectivity index (χ2v) is 6.92. The molecule has 0 aliphatic carbocycles. The van der Waals surface area contributed by atoms with Gasteiger partial charge in [-0.25, -0.2) is 19.3 Å². The SMILES string of the molecule is Fc1ccc(CN2CCC[C@H]2c2ccnc(Nc3nccs3)n2)cc1. The van der Waals surface area contributed by atoms with Crippen LogP contribution in [0.15, 0.2) is 48.1 Å². The standard InChI is InChI=1S/C18H18FN5S/c19-14-5-3-13(4-6-14)12-24-10-1-2-16(24)15-7-8-20-17(22-15)23-18-21-9-11-25-18/h3-9,11,16H,1-2,10,12H2,(H,20,21,22,23)/t16-/m0/s1. The summed E-state index contributed by atoms with van der Waals surface area (Å²) in [4.78, 5) is 15.6. The molecule has 5 nitrogen and oxygen atoms in total. The number of nitrogens with one attached hydrogen (secondary N) is 1. The zero-order valence-corrected chi connectivity index (χ0v) is 14.4. The lowest BCUT2D eigenvalue weighted by Gasteiger charge is -2.24. The molecule has 25 heavy (non-hydrogen) atoms. The first kappa shape index (κ1) is 16.1. The Morgan fingerprint density at radius 2 is 2.04 bits per heavy atom. The van der Waals surface area contributed by atoms with Crippen molar-refractivity contribution in [2.24, 2.45) is 0 Å². The van der Waals surface area contributed by atoms with Crippen molar-refractivity contribution < 1.29 is 4.39 Å². The van der Waals surface area contributed by atoms with E-state index < -0.39 is 0 Å². The third kappa shape index (κ3) is 3.83. The van der Waals surface area contributed by atoms with Gasteiger partial charge >= 0.3 is 0 Å². The lowest BCUT2D eigenvalue weighted by Crippen LogP contribution is -2.23. The van der Waals surface area contributed by atoms with E-state index in [9.17, 15) is 4.39 Å². The summed E-state index contributed by atoms with van der Waals surface area (Å²) >= 11 is 1.52. The van der Waals surface area contributed by atoms with Crippen molar-refractivity contribution in [3.63, 3.8) is 0 Å². The Bertz CT molecular complexity index is 822. The van der Waals surface area contributed by atoms with Crippen LogP contribution in [0.4, 0.5) is 15.5 Å². The van der Waals surface area contributed by atoms with Gasteiger partial charge in [-0.15, -0.1) is 11.3 Å². The van der Waals surface area contributed by atoms with Crippen molar-refractivity contribution in [1.82, 2.24) is 19.9 Å². The first-order chi connectivity index (χ1) is 12.3. The predicted molar refractivity (Wildman–Crippen MR) is 96.2 cm³/mol. The number of thiazole rings is 1. The number of halogens is 1. The maximum Gasteiger partial charge on any atom is 0.229 e. The molecule has 1 atom stereocenters. The van der Waals surface area contributed by atoms with Gasteiger partial charge in [0.1, 0.15) is 5.82 Å². The van der Waals surface area contributed by atoms with Crippen LogP contribution in [0.1, 0.15) is 30.1 Å². The van der Waals surface area contributed by atoms with Crippen LogP contribution in [0, 0.1) is 5.82 Å². The van der Waals surface area contributed by atoms with Crippen LogP contribution < -0.4 is 5.32 Å². The highest BCUT2D eigenvalue weighted by molar-refractivity contribution is 7.13. The summed E-state index contributed by atoms with van der Waals surface area (Å²) in [5.41, 5.74) is 2.12. The Kier molecular flexibility index (Phi) is 4.67. The van der Waals surface area contributed by atoms with Gasteiger partial charge in [-0.2, -0.15) is 0 Å². The van der Waals surface area contributed by atoms with E-state index >= 15 is 0 Å². The summed E-state index contributed by atoms with van der Waals surface area (Å²) in [6.07, 6.45) is 5.73. The minimum absolute atomic E-state index is 0.199. The van der Waals surface area contributed by atoms with E-state index in [2.05, 4.69) is 25.2 Å². The van der Waals surface area contributed by atoms with Gasteiger partial charge in [-0.1, -0.05) is 12.1 Å². The van der Waals surface area contributed by atoms with E-state index in [1.807, 2.05) is 23.6 Å². The quantitative estimate of drug-likeness (QED) is 0.745. The molecule has 0 saturated carbocycles. The second-order valence-electron chi connectivity index (χ2n) is 6.02. The molecule has 0 amide bonds. The van der Waals surface area contributed by atoms with Gasteiger partial charge in [0, 0.05) is 24.3 Å². The second kappa shape index (κ2) is 7.25. The molecule has 1 aliphatic rings. The summed E-state index contributed by atoms with van der Waals surface area (Å²) in [5.74, 6) is 0.372. The summed E-state index contributed by atoms with van der Waals surface area (Å²) in [5, 5.41) is 5.84. The molecule has 3 heterocycles. The number of aromatic nitrogens is 3. The van der Waals surface area contributed by atoms with Gasteiger partial charge in [0.05, 0.1) is 11.7 Å². The molecule has 0 bridgehead atoms. The van der Waals surface area contributed by atoms with Gasteiger partial charge in [-0.3, -0.25) is 4.90 Å². The minimum atomic E-state index is -0.199. The van der Waals surface area contributed by atoms with E-state index in [4.69, 9.17) is 0 Å². The average Bonchev–Trinajstić information content (AvgIpc) is 3.29. The van der Waals surface area contributed by atoms with Crippen LogP contribution in [0.25, 0.3) is 0 Å². The maximum atomic E-state index is 13.1. The normalized spacial score (nSPS) is 17.7. The fourth-order valence-electron chi connectivity index (χ4n) is 3.17. The van der Waals surface area contributed by atoms with Gasteiger partial charge in [0.15, 0.2) is 5.13 Å². The minimum Gasteiger partial charge on any atom is -0.300 e. The smallest absolute Gasteiger partial charge is 0.229 e. The van der Waals surface area contributed by atoms with E-state index in [1.54, 1.807) is 12.4 Å². The van der Waals surface area contributed by atoms with Gasteiger partial charge in [0.25, 0.3) is 0 Å². The van der Waals surface area contributed by atoms with Crippen molar-refractivity contribution in [3.8, 4) is 0 Å². The maximum absolute atomic E-state index is 13.1. The largest absolute Gasteiger partial charge is 0.300 e. The van der Waals surface area contributed by atoms with Gasteiger partial charge in [-0.05, 0) is 43.1 Å². The molecule has 1 N–H and O–H groups in total. The van der Waals surface area contributed by atoms with E-state index in [0.717, 1.165) is 42.3 Å². The lowest BCUT2D eigenvalue weighted by molar-refractivity contribution is 0.244. The summed E-state index contributed by atoms with van der Waals surface area (Å²) in [7, 11) is 0. The van der Waals surface area contributed by atoms with Crippen LogP contribution in [0.3, 0.4) is 0 Å². The van der Waals surface area contributed by atoms with Crippen molar-refractivity contribution in [1.29, 1.82) is 0 Å². The molecule has 128 valence electrons. The first-order valence-electron chi connectivity index (χ1n) is 8.26. The number of hydrogen-bond donors (Lipinski definition) is 1. The highest BCUT2D eigenvalue weighted by Gasteiger charge is 2.27. The Hall–Kier alpha value is -2.38. The average molecular weight is 355 g/mol. The molecule has 3 aromatic rings. The van der Waals surface area contributed by atoms with Crippen molar-refractivity contribution in [2.75, 3.05) is 11.9 Å². The van der Waals surface area contributed by atoms with Crippen molar-refractivity contribution >= 4 is 22.4 Å². The monoisotopic (exact) mass is 355 g/mol. The Labute approximate surface area is 149 Å². The van der Waals surface area contributed by atoms with Crippen LogP contribution >= 0.6 is 11.3 Å². The first-order valence-corrected chi connectivity index (χ1v) is 9.14. The van der Waals surface area contributed by atoms with E-state index in [0.29, 0.717) is 5.95 Å². The van der Waals surface area contributed by atoms with Crippen molar-refractivity contribution in [3.05, 3.63) is 65.2 Å². The summed E-state index contributed by atoms with van der Waals surface area (Å²) < 4.78 is 13.1. The number of hydrogen-bond acceptors (Lipinski definition) is 6. The van der Waals surface area contributed by atoms with Crippen LogP contribution in [0.2, 0.25) is 0 Å². The highest BCUT2D eigenvalue weighted by atomic mass is 32.1. The molecule has 1 saturated heterocycles. The number of rotatable bonds is 5. The number of likely N-dealkylation sites (tertiary alicyclic amines) is 1. The molecule has 1 aliphatic heterocycles. The van der Waals surface area contributed by atoms with E-state index in [-0.39, 0.29) is 11.9 Å². The van der Waals surface area contributed by atoms with Crippen LogP contribution in [-0.2, 0) is 6.54 Å². The Balaban J connectivity index is 1.50. The van der Waals surface area contributed by atoms with Crippen LogP contribution in [0.5, 0.6) is 0 Å². The molecule has 7 heteroatoms. The number of nitrogens with zero attached hydrogens (tertiary/aromatic N) is 4. The van der Waals surface area contributed by atoms with Gasteiger partial charge < -0.3 is 5.32 Å². The zero-order valence-electron chi connectivity index (χ0n) is 13.6. The number of anilines is 2. The molecular weight excluding hydrogens is 337 g/mol. The van der Waals surface area contributed by atoms with Crippen molar-refractivity contribution in [2.45, 2.75) is 25.4 Å². The third-order valence-electron chi connectivity index (χ3n) is 4.33. The molecule has 4 rings (SSSR count). The Morgan fingerprint density at radius 1 is 1.16 bits per heavy atom. The lowest BCUT2D eigenvalue weighted by atomic mass is 10.1.